The van der Waals surface area contributed by atoms with E-state index < -0.39 is 5.60 Å². The predicted octanol–water partition coefficient (Wildman–Crippen LogP) is 3.84. The van der Waals surface area contributed by atoms with Crippen molar-refractivity contribution in [3.8, 4) is 0 Å². The van der Waals surface area contributed by atoms with Crippen LogP contribution < -0.4 is 0 Å². The molecule has 0 saturated carbocycles. The number of hydrogen-bond acceptors (Lipinski definition) is 4. The van der Waals surface area contributed by atoms with Crippen LogP contribution in [0.5, 0.6) is 0 Å². The van der Waals surface area contributed by atoms with Crippen molar-refractivity contribution in [3.63, 3.8) is 0 Å². The van der Waals surface area contributed by atoms with Crippen LogP contribution in [0.2, 0.25) is 0 Å². The Labute approximate surface area is 162 Å². The molecule has 5 heteroatoms. The lowest BCUT2D eigenvalue weighted by Crippen LogP contribution is -2.47. The van der Waals surface area contributed by atoms with Gasteiger partial charge in [-0.1, -0.05) is 37.3 Å². The largest absolute Gasteiger partial charge is 0.444 e. The van der Waals surface area contributed by atoms with Crippen molar-refractivity contribution in [2.24, 2.45) is 11.3 Å². The number of hydrogen-bond donors (Lipinski definition) is 0. The monoisotopic (exact) mass is 372 g/mol. The number of benzene rings is 1. The van der Waals surface area contributed by atoms with E-state index in [1.807, 2.05) is 56.0 Å². The summed E-state index contributed by atoms with van der Waals surface area (Å²) in [5.41, 5.74) is 0.530. The summed E-state index contributed by atoms with van der Waals surface area (Å²) in [6.45, 7) is 11.8. The Kier molecular flexibility index (Phi) is 5.61. The molecule has 2 fully saturated rings. The highest BCUT2D eigenvalue weighted by Crippen LogP contribution is 2.44. The lowest BCUT2D eigenvalue weighted by Gasteiger charge is -2.42. The third-order valence-electron chi connectivity index (χ3n) is 5.99. The van der Waals surface area contributed by atoms with Crippen LogP contribution in [0.3, 0.4) is 0 Å². The maximum Gasteiger partial charge on any atom is 0.410 e. The minimum absolute atomic E-state index is 0.186. The van der Waals surface area contributed by atoms with Crippen molar-refractivity contribution in [1.29, 1.82) is 0 Å². The number of likely N-dealkylation sites (tertiary alicyclic amines) is 2. The van der Waals surface area contributed by atoms with E-state index in [0.29, 0.717) is 12.5 Å². The van der Waals surface area contributed by atoms with E-state index in [9.17, 15) is 9.59 Å². The number of nitrogens with zero attached hydrogens (tertiary/aromatic N) is 2. The second-order valence-electron chi connectivity index (χ2n) is 9.19. The summed E-state index contributed by atoms with van der Waals surface area (Å²) in [6, 6.07) is 9.53. The summed E-state index contributed by atoms with van der Waals surface area (Å²) in [5, 5.41) is 0. The van der Waals surface area contributed by atoms with Crippen molar-refractivity contribution >= 4 is 11.9 Å². The van der Waals surface area contributed by atoms with E-state index >= 15 is 0 Å². The van der Waals surface area contributed by atoms with Gasteiger partial charge in [-0.3, -0.25) is 9.69 Å². The van der Waals surface area contributed by atoms with Gasteiger partial charge in [0.05, 0.1) is 6.54 Å². The number of carbonyl (C=O) groups excluding carboxylic acids is 2. The molecular formula is C22H32N2O3. The van der Waals surface area contributed by atoms with Crippen LogP contribution in [0.1, 0.15) is 50.9 Å². The van der Waals surface area contributed by atoms with Crippen molar-refractivity contribution in [1.82, 2.24) is 9.80 Å². The van der Waals surface area contributed by atoms with Crippen molar-refractivity contribution < 1.29 is 14.3 Å². The number of amides is 1. The topological polar surface area (TPSA) is 49.9 Å². The highest BCUT2D eigenvalue weighted by Gasteiger charge is 2.46. The van der Waals surface area contributed by atoms with E-state index in [-0.39, 0.29) is 17.3 Å². The molecule has 1 aromatic rings. The summed E-state index contributed by atoms with van der Waals surface area (Å²) >= 11 is 0. The van der Waals surface area contributed by atoms with Crippen LogP contribution in [0.15, 0.2) is 30.3 Å². The highest BCUT2D eigenvalue weighted by molar-refractivity contribution is 5.97. The minimum Gasteiger partial charge on any atom is -0.444 e. The van der Waals surface area contributed by atoms with Crippen molar-refractivity contribution in [3.05, 3.63) is 35.9 Å². The van der Waals surface area contributed by atoms with Gasteiger partial charge in [0.25, 0.3) is 0 Å². The average molecular weight is 373 g/mol. The Morgan fingerprint density at radius 1 is 1.15 bits per heavy atom. The summed E-state index contributed by atoms with van der Waals surface area (Å²) in [6.07, 6.45) is 1.74. The fourth-order valence-corrected chi connectivity index (χ4v) is 4.40. The Bertz CT molecular complexity index is 673. The lowest BCUT2D eigenvalue weighted by molar-refractivity contribution is 0.00691. The smallest absolute Gasteiger partial charge is 0.410 e. The van der Waals surface area contributed by atoms with Gasteiger partial charge in [-0.15, -0.1) is 0 Å². The van der Waals surface area contributed by atoms with Gasteiger partial charge in [0, 0.05) is 31.7 Å². The zero-order chi connectivity index (χ0) is 19.7. The molecule has 2 saturated heterocycles. The SMILES string of the molecule is CC1CN(CC(=O)c2ccccc2)CC12CCN(C(=O)OC(C)(C)C)CC2. The molecule has 0 N–H and O–H groups in total. The van der Waals surface area contributed by atoms with Gasteiger partial charge in [-0.2, -0.15) is 0 Å². The molecule has 1 atom stereocenters. The Morgan fingerprint density at radius 3 is 2.37 bits per heavy atom. The Balaban J connectivity index is 1.56. The molecule has 1 spiro atoms. The van der Waals surface area contributed by atoms with Crippen LogP contribution in [0, 0.1) is 11.3 Å². The minimum atomic E-state index is -0.457. The highest BCUT2D eigenvalue weighted by atomic mass is 16.6. The fraction of sp³-hybridized carbons (Fsp3) is 0.636. The van der Waals surface area contributed by atoms with Crippen LogP contribution >= 0.6 is 0 Å². The van der Waals surface area contributed by atoms with Crippen LogP contribution in [-0.4, -0.2) is 60.0 Å². The first-order valence-corrected chi connectivity index (χ1v) is 9.97. The number of piperidine rings is 1. The first-order valence-electron chi connectivity index (χ1n) is 9.97. The van der Waals surface area contributed by atoms with Crippen molar-refractivity contribution in [2.75, 3.05) is 32.7 Å². The van der Waals surface area contributed by atoms with E-state index in [4.69, 9.17) is 4.74 Å². The molecule has 2 aliphatic rings. The van der Waals surface area contributed by atoms with Gasteiger partial charge in [0.15, 0.2) is 5.78 Å². The molecule has 0 bridgehead atoms. The molecule has 0 aromatic heterocycles. The second-order valence-corrected chi connectivity index (χ2v) is 9.19. The van der Waals surface area contributed by atoms with E-state index in [0.717, 1.165) is 44.6 Å². The molecule has 1 aromatic carbocycles. The molecule has 0 radical (unpaired) electrons. The summed E-state index contributed by atoms with van der Waals surface area (Å²) < 4.78 is 5.51. The molecule has 148 valence electrons. The van der Waals surface area contributed by atoms with Crippen molar-refractivity contribution in [2.45, 2.75) is 46.1 Å². The first-order chi connectivity index (χ1) is 12.7. The Morgan fingerprint density at radius 2 is 1.78 bits per heavy atom. The van der Waals surface area contributed by atoms with E-state index in [1.54, 1.807) is 0 Å². The second kappa shape index (κ2) is 7.63. The van der Waals surface area contributed by atoms with Gasteiger partial charge >= 0.3 is 6.09 Å². The molecule has 2 aliphatic heterocycles. The quantitative estimate of drug-likeness (QED) is 0.757. The van der Waals surface area contributed by atoms with Gasteiger partial charge < -0.3 is 9.64 Å². The summed E-state index contributed by atoms with van der Waals surface area (Å²) in [4.78, 5) is 29.0. The lowest BCUT2D eigenvalue weighted by atomic mass is 9.72. The fourth-order valence-electron chi connectivity index (χ4n) is 4.40. The van der Waals surface area contributed by atoms with Crippen LogP contribution in [-0.2, 0) is 4.74 Å². The number of ether oxygens (including phenoxy) is 1. The van der Waals surface area contributed by atoms with E-state index in [2.05, 4.69) is 11.8 Å². The van der Waals surface area contributed by atoms with Gasteiger partial charge in [0.2, 0.25) is 0 Å². The van der Waals surface area contributed by atoms with Crippen LogP contribution in [0.4, 0.5) is 4.79 Å². The van der Waals surface area contributed by atoms with Gasteiger partial charge in [0.1, 0.15) is 5.60 Å². The average Bonchev–Trinajstić information content (AvgIpc) is 2.89. The maximum absolute atomic E-state index is 12.5. The summed E-state index contributed by atoms with van der Waals surface area (Å²) in [5.74, 6) is 0.716. The number of ketones is 1. The number of carbonyl (C=O) groups is 2. The zero-order valence-corrected chi connectivity index (χ0v) is 17.0. The first kappa shape index (κ1) is 19.9. The third kappa shape index (κ3) is 4.70. The normalized spacial score (nSPS) is 22.8. The number of Topliss-reactive ketones (excluding diaryl/α,β-unsaturated/α-hetero) is 1. The molecule has 1 unspecified atom stereocenters. The summed E-state index contributed by atoms with van der Waals surface area (Å²) in [7, 11) is 0. The number of rotatable bonds is 3. The van der Waals surface area contributed by atoms with Crippen LogP contribution in [0.25, 0.3) is 0 Å². The standard InChI is InChI=1S/C22H32N2O3/c1-17-14-23(15-19(25)18-8-6-5-7-9-18)16-22(17)10-12-24(13-11-22)20(26)27-21(2,3)4/h5-9,17H,10-16H2,1-4H3. The molecule has 1 amide bonds. The molecule has 2 heterocycles. The predicted molar refractivity (Wildman–Crippen MR) is 106 cm³/mol. The molecule has 5 nitrogen and oxygen atoms in total. The maximum atomic E-state index is 12.5. The third-order valence-corrected chi connectivity index (χ3v) is 5.99. The van der Waals surface area contributed by atoms with Gasteiger partial charge in [-0.05, 0) is 44.9 Å². The molecule has 0 aliphatic carbocycles. The zero-order valence-electron chi connectivity index (χ0n) is 17.0. The molecular weight excluding hydrogens is 340 g/mol. The molecule has 27 heavy (non-hydrogen) atoms. The Hall–Kier alpha value is -1.88. The van der Waals surface area contributed by atoms with E-state index in [1.165, 1.54) is 0 Å². The molecule has 3 rings (SSSR count). The van der Waals surface area contributed by atoms with Gasteiger partial charge in [-0.25, -0.2) is 4.79 Å².